The van der Waals surface area contributed by atoms with Crippen molar-refractivity contribution in [1.29, 1.82) is 0 Å². The Morgan fingerprint density at radius 3 is 2.56 bits per heavy atom. The largest absolute Gasteiger partial charge is 0.480 e. The van der Waals surface area contributed by atoms with Crippen LogP contribution in [0, 0.1) is 11.7 Å². The minimum atomic E-state index is -0.971. The second kappa shape index (κ2) is 12.3. The summed E-state index contributed by atoms with van der Waals surface area (Å²) in [6.07, 6.45) is 6.65. The fourth-order valence-corrected chi connectivity index (χ4v) is 6.88. The van der Waals surface area contributed by atoms with E-state index in [-0.39, 0.29) is 17.9 Å². The first-order valence-electron chi connectivity index (χ1n) is 11.5. The van der Waals surface area contributed by atoms with Crippen LogP contribution >= 0.6 is 34.9 Å². The molecule has 1 aliphatic carbocycles. The smallest absolute Gasteiger partial charge is 0.323 e. The van der Waals surface area contributed by atoms with E-state index < -0.39 is 10.7 Å². The number of amides is 2. The van der Waals surface area contributed by atoms with Gasteiger partial charge >= 0.3 is 12.0 Å². The lowest BCUT2D eigenvalue weighted by Gasteiger charge is -2.36. The van der Waals surface area contributed by atoms with Crippen molar-refractivity contribution in [1.82, 2.24) is 9.88 Å². The summed E-state index contributed by atoms with van der Waals surface area (Å²) in [5.41, 5.74) is 0. The van der Waals surface area contributed by atoms with Gasteiger partial charge in [0.25, 0.3) is 0 Å². The number of nitrogens with one attached hydrogen (secondary N) is 1. The third-order valence-corrected chi connectivity index (χ3v) is 9.18. The van der Waals surface area contributed by atoms with Crippen LogP contribution in [-0.2, 0) is 4.79 Å². The number of carboxylic acids is 1. The quantitative estimate of drug-likeness (QED) is 0.261. The third kappa shape index (κ3) is 7.88. The molecule has 10 heteroatoms. The number of carbonyl (C=O) groups excluding carboxylic acids is 1. The molecule has 6 nitrogen and oxygen atoms in total. The number of anilines is 1. The molecule has 1 aliphatic rings. The lowest BCUT2D eigenvalue weighted by atomic mass is 9.86. The van der Waals surface area contributed by atoms with E-state index in [4.69, 9.17) is 0 Å². The van der Waals surface area contributed by atoms with Crippen molar-refractivity contribution in [3.63, 3.8) is 0 Å². The summed E-state index contributed by atoms with van der Waals surface area (Å²) >= 11 is 4.17. The molecule has 0 bridgehead atoms. The van der Waals surface area contributed by atoms with Crippen molar-refractivity contribution in [2.24, 2.45) is 5.92 Å². The first-order valence-corrected chi connectivity index (χ1v) is 14.1. The molecule has 34 heavy (non-hydrogen) atoms. The van der Waals surface area contributed by atoms with Gasteiger partial charge in [-0.2, -0.15) is 0 Å². The van der Waals surface area contributed by atoms with E-state index in [1.165, 1.54) is 35.2 Å². The molecule has 1 aromatic heterocycles. The predicted octanol–water partition coefficient (Wildman–Crippen LogP) is 6.83. The molecule has 186 valence electrons. The molecular formula is C24H32FN3O3S3. The summed E-state index contributed by atoms with van der Waals surface area (Å²) in [5.74, 6) is 0.383. The van der Waals surface area contributed by atoms with Gasteiger partial charge in [0.15, 0.2) is 5.13 Å². The summed E-state index contributed by atoms with van der Waals surface area (Å²) in [6, 6.07) is 6.52. The maximum absolute atomic E-state index is 13.2. The molecule has 0 aliphatic heterocycles. The molecule has 2 aromatic rings. The zero-order valence-corrected chi connectivity index (χ0v) is 22.2. The zero-order valence-electron chi connectivity index (χ0n) is 19.8. The Morgan fingerprint density at radius 2 is 1.91 bits per heavy atom. The number of halogens is 1. The van der Waals surface area contributed by atoms with Gasteiger partial charge in [-0.3, -0.25) is 10.1 Å². The Labute approximate surface area is 213 Å². The predicted molar refractivity (Wildman–Crippen MR) is 139 cm³/mol. The van der Waals surface area contributed by atoms with E-state index in [0.717, 1.165) is 47.0 Å². The number of aromatic nitrogens is 1. The van der Waals surface area contributed by atoms with Crippen molar-refractivity contribution >= 4 is 52.0 Å². The molecule has 3 rings (SSSR count). The van der Waals surface area contributed by atoms with Crippen molar-refractivity contribution in [2.75, 3.05) is 17.6 Å². The highest BCUT2D eigenvalue weighted by molar-refractivity contribution is 8.03. The molecule has 2 N–H and O–H groups in total. The van der Waals surface area contributed by atoms with Gasteiger partial charge in [-0.15, -0.1) is 11.8 Å². The molecule has 0 radical (unpaired) electrons. The highest BCUT2D eigenvalue weighted by atomic mass is 32.2. The Bertz CT molecular complexity index is 960. The molecule has 1 saturated carbocycles. The molecule has 0 atom stereocenters. The standard InChI is InChI=1S/C24H32FN3O3S3/c1-16-5-9-18(10-6-16)28(13-4-14-32-19-11-7-17(25)8-12-19)23(31)27-22-26-15-20(33-22)34-24(2,3)21(29)30/h7-8,11-12,15-16,18H,4-6,9-10,13-14H2,1-3H3,(H,29,30)(H,26,27,31). The van der Waals surface area contributed by atoms with Gasteiger partial charge in [-0.1, -0.05) is 30.0 Å². The molecule has 2 amide bonds. The number of nitrogens with zero attached hydrogens (tertiary/aromatic N) is 2. The van der Waals surface area contributed by atoms with Gasteiger partial charge in [0.05, 0.1) is 10.4 Å². The van der Waals surface area contributed by atoms with Crippen LogP contribution < -0.4 is 5.32 Å². The molecule has 1 fully saturated rings. The van der Waals surface area contributed by atoms with Crippen LogP contribution in [0.15, 0.2) is 39.6 Å². The van der Waals surface area contributed by atoms with Crippen molar-refractivity contribution < 1.29 is 19.1 Å². The van der Waals surface area contributed by atoms with Gasteiger partial charge in [0.1, 0.15) is 10.6 Å². The number of carboxylic acid groups (broad SMARTS) is 1. The first-order chi connectivity index (χ1) is 16.1. The lowest BCUT2D eigenvalue weighted by Crippen LogP contribution is -2.45. The van der Waals surface area contributed by atoms with Crippen LogP contribution in [0.25, 0.3) is 0 Å². The molecule has 0 saturated heterocycles. The van der Waals surface area contributed by atoms with Crippen LogP contribution in [0.5, 0.6) is 0 Å². The molecule has 1 aromatic carbocycles. The van der Waals surface area contributed by atoms with E-state index in [1.807, 2.05) is 4.90 Å². The van der Waals surface area contributed by atoms with Crippen molar-refractivity contribution in [3.8, 4) is 0 Å². The Morgan fingerprint density at radius 1 is 1.24 bits per heavy atom. The maximum atomic E-state index is 13.2. The number of rotatable bonds is 10. The molecule has 0 unspecified atom stereocenters. The number of hydrogen-bond donors (Lipinski definition) is 2. The average molecular weight is 526 g/mol. The Balaban J connectivity index is 1.59. The monoisotopic (exact) mass is 525 g/mol. The SMILES string of the molecule is CC1CCC(N(CCCSc2ccc(F)cc2)C(=O)Nc2ncc(SC(C)(C)C(=O)O)s2)CC1. The van der Waals surface area contributed by atoms with Crippen molar-refractivity contribution in [3.05, 3.63) is 36.3 Å². The number of carbonyl (C=O) groups is 2. The van der Waals surface area contributed by atoms with Crippen LogP contribution in [0.3, 0.4) is 0 Å². The fraction of sp³-hybridized carbons (Fsp3) is 0.542. The van der Waals surface area contributed by atoms with Crippen LogP contribution in [0.2, 0.25) is 0 Å². The van der Waals surface area contributed by atoms with Gasteiger partial charge < -0.3 is 10.0 Å². The number of thiazole rings is 1. The molecular weight excluding hydrogens is 493 g/mol. The second-order valence-electron chi connectivity index (χ2n) is 9.10. The minimum Gasteiger partial charge on any atom is -0.480 e. The topological polar surface area (TPSA) is 82.5 Å². The summed E-state index contributed by atoms with van der Waals surface area (Å²) in [6.45, 7) is 6.19. The number of aliphatic carboxylic acids is 1. The van der Waals surface area contributed by atoms with Gasteiger partial charge in [0, 0.05) is 17.5 Å². The van der Waals surface area contributed by atoms with Gasteiger partial charge in [-0.05, 0) is 81.9 Å². The first kappa shape index (κ1) is 26.8. The summed E-state index contributed by atoms with van der Waals surface area (Å²) < 4.78 is 12.9. The van der Waals surface area contributed by atoms with E-state index >= 15 is 0 Å². The summed E-state index contributed by atoms with van der Waals surface area (Å²) in [4.78, 5) is 31.9. The number of urea groups is 1. The molecule has 1 heterocycles. The van der Waals surface area contributed by atoms with E-state index in [9.17, 15) is 19.1 Å². The van der Waals surface area contributed by atoms with Crippen LogP contribution in [-0.4, -0.2) is 50.1 Å². The number of hydrogen-bond acceptors (Lipinski definition) is 6. The number of thioether (sulfide) groups is 2. The third-order valence-electron chi connectivity index (χ3n) is 5.88. The highest BCUT2D eigenvalue weighted by Gasteiger charge is 2.30. The minimum absolute atomic E-state index is 0.158. The fourth-order valence-electron chi connectivity index (χ4n) is 3.78. The zero-order chi connectivity index (χ0) is 24.7. The normalized spacial score (nSPS) is 18.5. The number of benzene rings is 1. The van der Waals surface area contributed by atoms with Crippen LogP contribution in [0.4, 0.5) is 14.3 Å². The van der Waals surface area contributed by atoms with Gasteiger partial charge in [0.2, 0.25) is 0 Å². The highest BCUT2D eigenvalue weighted by Crippen LogP contribution is 2.37. The van der Waals surface area contributed by atoms with E-state index in [1.54, 1.807) is 43.9 Å². The second-order valence-corrected chi connectivity index (χ2v) is 13.2. The Kier molecular flexibility index (Phi) is 9.67. The molecule has 0 spiro atoms. The van der Waals surface area contributed by atoms with E-state index in [2.05, 4.69) is 17.2 Å². The van der Waals surface area contributed by atoms with Gasteiger partial charge in [-0.25, -0.2) is 14.2 Å². The van der Waals surface area contributed by atoms with Crippen molar-refractivity contribution in [2.45, 2.75) is 72.8 Å². The lowest BCUT2D eigenvalue weighted by molar-refractivity contribution is -0.138. The Hall–Kier alpha value is -1.78. The average Bonchev–Trinajstić information content (AvgIpc) is 3.21. The summed E-state index contributed by atoms with van der Waals surface area (Å²) in [7, 11) is 0. The summed E-state index contributed by atoms with van der Waals surface area (Å²) in [5, 5.41) is 12.8. The maximum Gasteiger partial charge on any atom is 0.323 e. The van der Waals surface area contributed by atoms with E-state index in [0.29, 0.717) is 17.6 Å². The van der Waals surface area contributed by atoms with Crippen LogP contribution in [0.1, 0.15) is 52.9 Å².